The van der Waals surface area contributed by atoms with E-state index in [0.717, 1.165) is 0 Å². The Bertz CT molecular complexity index is 88.3. The van der Waals surface area contributed by atoms with Crippen molar-refractivity contribution >= 4 is 0 Å². The fraction of sp³-hybridized carbons (Fsp3) is 0.600. The van der Waals surface area contributed by atoms with Crippen LogP contribution in [-0.4, -0.2) is 12.1 Å². The number of hydrogen-bond acceptors (Lipinski definition) is 2. The van der Waals surface area contributed by atoms with Crippen LogP contribution in [0, 0.1) is 0 Å². The second kappa shape index (κ2) is 1.54. The van der Waals surface area contributed by atoms with Gasteiger partial charge in [-0.1, -0.05) is 5.57 Å². The van der Waals surface area contributed by atoms with Crippen LogP contribution in [0.3, 0.4) is 0 Å². The van der Waals surface area contributed by atoms with Crippen molar-refractivity contribution < 1.29 is 0 Å². The molecule has 2 N–H and O–H groups in total. The average molecular weight is 98.1 g/mol. The van der Waals surface area contributed by atoms with Crippen LogP contribution >= 0.6 is 0 Å². The van der Waals surface area contributed by atoms with Crippen LogP contribution in [0.2, 0.25) is 0 Å². The maximum absolute atomic E-state index is 5.29. The molecule has 1 rings (SSSR count). The first kappa shape index (κ1) is 4.65. The Morgan fingerprint density at radius 2 is 2.29 bits per heavy atom. The van der Waals surface area contributed by atoms with Gasteiger partial charge in [-0.2, -0.15) is 0 Å². The Morgan fingerprint density at radius 3 is 2.43 bits per heavy atom. The van der Waals surface area contributed by atoms with Crippen LogP contribution in [-0.2, 0) is 0 Å². The molecule has 0 aromatic heterocycles. The fourth-order valence-electron chi connectivity index (χ4n) is 0.489. The minimum absolute atomic E-state index is 1.25. The first-order chi connectivity index (χ1) is 3.29. The van der Waals surface area contributed by atoms with Crippen molar-refractivity contribution in [2.45, 2.75) is 12.8 Å². The summed E-state index contributed by atoms with van der Waals surface area (Å²) in [7, 11) is 1.84. The van der Waals surface area contributed by atoms with Crippen molar-refractivity contribution in [1.29, 1.82) is 0 Å². The molecule has 0 bridgehead atoms. The van der Waals surface area contributed by atoms with E-state index in [2.05, 4.69) is 0 Å². The molecule has 0 aromatic carbocycles. The lowest BCUT2D eigenvalue weighted by molar-refractivity contribution is 0.483. The molecule has 0 aromatic rings. The second-order valence-electron chi connectivity index (χ2n) is 1.95. The minimum Gasteiger partial charge on any atom is -0.321 e. The highest BCUT2D eigenvalue weighted by Crippen LogP contribution is 2.26. The molecule has 0 aliphatic heterocycles. The Balaban J connectivity index is 2.30. The highest BCUT2D eigenvalue weighted by atomic mass is 15.4. The monoisotopic (exact) mass is 98.1 g/mol. The summed E-state index contributed by atoms with van der Waals surface area (Å²) >= 11 is 0. The van der Waals surface area contributed by atoms with Gasteiger partial charge in [-0.25, -0.2) is 5.84 Å². The van der Waals surface area contributed by atoms with Crippen LogP contribution < -0.4 is 5.84 Å². The molecule has 1 aliphatic carbocycles. The van der Waals surface area contributed by atoms with Crippen molar-refractivity contribution in [3.63, 3.8) is 0 Å². The third kappa shape index (κ3) is 1.59. The van der Waals surface area contributed by atoms with Gasteiger partial charge in [0.1, 0.15) is 0 Å². The van der Waals surface area contributed by atoms with Gasteiger partial charge in [-0.15, -0.1) is 0 Å². The summed E-state index contributed by atoms with van der Waals surface area (Å²) in [5.74, 6) is 5.29. The third-order valence-corrected chi connectivity index (χ3v) is 0.925. The average Bonchev–Trinajstić information content (AvgIpc) is 2.17. The van der Waals surface area contributed by atoms with Crippen LogP contribution in [0.4, 0.5) is 0 Å². The summed E-state index contributed by atoms with van der Waals surface area (Å²) in [6.07, 6.45) is 4.48. The number of nitrogens with zero attached hydrogens (tertiary/aromatic N) is 1. The van der Waals surface area contributed by atoms with Crippen molar-refractivity contribution in [1.82, 2.24) is 5.01 Å². The zero-order valence-corrected chi connectivity index (χ0v) is 4.52. The molecule has 0 atom stereocenters. The first-order valence-corrected chi connectivity index (χ1v) is 2.46. The highest BCUT2D eigenvalue weighted by molar-refractivity contribution is 5.14. The van der Waals surface area contributed by atoms with Gasteiger partial charge < -0.3 is 5.01 Å². The van der Waals surface area contributed by atoms with Crippen LogP contribution in [0.5, 0.6) is 0 Å². The summed E-state index contributed by atoms with van der Waals surface area (Å²) in [6.45, 7) is 0. The summed E-state index contributed by atoms with van der Waals surface area (Å²) in [5.41, 5.74) is 1.46. The zero-order valence-electron chi connectivity index (χ0n) is 4.52. The third-order valence-electron chi connectivity index (χ3n) is 0.925. The quantitative estimate of drug-likeness (QED) is 0.381. The molecule has 7 heavy (non-hydrogen) atoms. The number of rotatable bonds is 1. The molecule has 0 spiro atoms. The topological polar surface area (TPSA) is 29.3 Å². The summed E-state index contributed by atoms with van der Waals surface area (Å²) in [4.78, 5) is 0. The summed E-state index contributed by atoms with van der Waals surface area (Å²) < 4.78 is 0. The molecule has 40 valence electrons. The van der Waals surface area contributed by atoms with Crippen molar-refractivity contribution in [3.8, 4) is 0 Å². The minimum atomic E-state index is 1.25. The van der Waals surface area contributed by atoms with Gasteiger partial charge in [0, 0.05) is 13.2 Å². The van der Waals surface area contributed by atoms with Gasteiger partial charge in [0.2, 0.25) is 0 Å². The maximum atomic E-state index is 5.29. The lowest BCUT2D eigenvalue weighted by atomic mass is 10.6. The molecule has 2 heteroatoms. The van der Waals surface area contributed by atoms with E-state index < -0.39 is 0 Å². The van der Waals surface area contributed by atoms with E-state index in [1.54, 1.807) is 5.01 Å². The number of hydrogen-bond donors (Lipinski definition) is 1. The Kier molecular flexibility index (Phi) is 1.02. The van der Waals surface area contributed by atoms with Gasteiger partial charge in [0.15, 0.2) is 0 Å². The first-order valence-electron chi connectivity index (χ1n) is 2.46. The summed E-state index contributed by atoms with van der Waals surface area (Å²) in [5, 5.41) is 1.60. The molecule has 0 radical (unpaired) electrons. The van der Waals surface area contributed by atoms with E-state index in [0.29, 0.717) is 0 Å². The summed E-state index contributed by atoms with van der Waals surface area (Å²) in [6, 6.07) is 0. The van der Waals surface area contributed by atoms with E-state index in [1.807, 2.05) is 13.2 Å². The van der Waals surface area contributed by atoms with Gasteiger partial charge in [0.25, 0.3) is 0 Å². The molecule has 1 saturated carbocycles. The molecular formula is C5H10N2. The van der Waals surface area contributed by atoms with E-state index in [4.69, 9.17) is 5.84 Å². The van der Waals surface area contributed by atoms with Gasteiger partial charge in [-0.05, 0) is 12.8 Å². The lowest BCUT2D eigenvalue weighted by Crippen LogP contribution is -2.18. The Hall–Kier alpha value is -0.500. The molecule has 0 unspecified atom stereocenters. The normalized spacial score (nSPS) is 16.6. The number of allylic oxidation sites excluding steroid dienone is 1. The van der Waals surface area contributed by atoms with Crippen molar-refractivity contribution in [3.05, 3.63) is 11.8 Å². The standard InChI is InChI=1S/C5H10N2/c1-7(6)4-5-2-3-5/h4H,2-3,6H2,1H3. The predicted molar refractivity (Wildman–Crippen MR) is 29.3 cm³/mol. The molecular weight excluding hydrogens is 88.1 g/mol. The largest absolute Gasteiger partial charge is 0.321 e. The molecule has 0 amide bonds. The van der Waals surface area contributed by atoms with E-state index in [-0.39, 0.29) is 0 Å². The van der Waals surface area contributed by atoms with Crippen LogP contribution in [0.1, 0.15) is 12.8 Å². The highest BCUT2D eigenvalue weighted by Gasteiger charge is 2.09. The predicted octanol–water partition coefficient (Wildman–Crippen LogP) is 0.470. The smallest absolute Gasteiger partial charge is 0.0222 e. The maximum Gasteiger partial charge on any atom is 0.0222 e. The molecule has 1 aliphatic rings. The Morgan fingerprint density at radius 1 is 1.71 bits per heavy atom. The number of nitrogens with two attached hydrogens (primary N) is 1. The van der Waals surface area contributed by atoms with Gasteiger partial charge >= 0.3 is 0 Å². The van der Waals surface area contributed by atoms with E-state index >= 15 is 0 Å². The molecule has 1 fully saturated rings. The Labute approximate surface area is 43.6 Å². The molecule has 0 saturated heterocycles. The lowest BCUT2D eigenvalue weighted by Gasteiger charge is -2.00. The van der Waals surface area contributed by atoms with Crippen LogP contribution in [0.15, 0.2) is 11.8 Å². The van der Waals surface area contributed by atoms with E-state index in [1.165, 1.54) is 18.4 Å². The SMILES string of the molecule is CN(N)C=C1CC1. The fourth-order valence-corrected chi connectivity index (χ4v) is 0.489. The molecule has 2 nitrogen and oxygen atoms in total. The van der Waals surface area contributed by atoms with Crippen LogP contribution in [0.25, 0.3) is 0 Å². The van der Waals surface area contributed by atoms with Crippen molar-refractivity contribution in [2.75, 3.05) is 7.05 Å². The van der Waals surface area contributed by atoms with E-state index in [9.17, 15) is 0 Å². The second-order valence-corrected chi connectivity index (χ2v) is 1.95. The van der Waals surface area contributed by atoms with Gasteiger partial charge in [-0.3, -0.25) is 0 Å². The number of hydrazine groups is 1. The van der Waals surface area contributed by atoms with Gasteiger partial charge in [0.05, 0.1) is 0 Å². The molecule has 0 heterocycles. The van der Waals surface area contributed by atoms with Crippen molar-refractivity contribution in [2.24, 2.45) is 5.84 Å². The zero-order chi connectivity index (χ0) is 5.28.